The summed E-state index contributed by atoms with van der Waals surface area (Å²) in [5, 5.41) is 15.0. The highest BCUT2D eigenvalue weighted by atomic mass is 35.5. The molecule has 0 heterocycles. The second-order valence-electron chi connectivity index (χ2n) is 4.58. The van der Waals surface area contributed by atoms with E-state index in [1.807, 2.05) is 13.0 Å². The average Bonchev–Trinajstić information content (AvgIpc) is 2.47. The minimum Gasteiger partial charge on any atom is -0.409 e. The number of anilines is 1. The fourth-order valence-corrected chi connectivity index (χ4v) is 2.19. The zero-order chi connectivity index (χ0) is 15.4. The first-order valence-electron chi connectivity index (χ1n) is 6.28. The Bertz CT molecular complexity index is 668. The number of rotatable bonds is 4. The molecule has 2 aromatic rings. The summed E-state index contributed by atoms with van der Waals surface area (Å²) in [7, 11) is 0. The molecule has 0 atom stereocenters. The molecule has 4 nitrogen and oxygen atoms in total. The number of aryl methyl sites for hydroxylation is 1. The third-order valence-electron chi connectivity index (χ3n) is 3.13. The quantitative estimate of drug-likeness (QED) is 0.350. The molecule has 0 spiro atoms. The molecular weight excluding hydrogens is 293 g/mol. The highest BCUT2D eigenvalue weighted by Gasteiger charge is 2.08. The Labute approximate surface area is 127 Å². The standard InChI is InChI=1S/C15H15ClFN3O/c1-9-3-2-4-13(17)14(9)19-8-11-6-5-10(7-12(11)16)15(18)20-21/h2-7,19,21H,8H2,1H3,(H2,18,20). The highest BCUT2D eigenvalue weighted by Crippen LogP contribution is 2.22. The van der Waals surface area contributed by atoms with Gasteiger partial charge in [-0.2, -0.15) is 0 Å². The maximum Gasteiger partial charge on any atom is 0.170 e. The van der Waals surface area contributed by atoms with Crippen LogP contribution in [0.1, 0.15) is 16.7 Å². The molecule has 0 saturated carbocycles. The van der Waals surface area contributed by atoms with Crippen molar-refractivity contribution in [1.29, 1.82) is 0 Å². The van der Waals surface area contributed by atoms with Crippen molar-refractivity contribution in [3.05, 3.63) is 63.9 Å². The number of nitrogens with two attached hydrogens (primary N) is 1. The lowest BCUT2D eigenvalue weighted by molar-refractivity contribution is 0.318. The van der Waals surface area contributed by atoms with E-state index in [0.717, 1.165) is 11.1 Å². The predicted octanol–water partition coefficient (Wildman–Crippen LogP) is 3.49. The van der Waals surface area contributed by atoms with Gasteiger partial charge in [-0.3, -0.25) is 0 Å². The van der Waals surface area contributed by atoms with Crippen molar-refractivity contribution < 1.29 is 9.60 Å². The smallest absolute Gasteiger partial charge is 0.170 e. The molecule has 6 heteroatoms. The van der Waals surface area contributed by atoms with Crippen LogP contribution >= 0.6 is 11.6 Å². The molecule has 4 N–H and O–H groups in total. The monoisotopic (exact) mass is 307 g/mol. The Kier molecular flexibility index (Phi) is 4.65. The van der Waals surface area contributed by atoms with Gasteiger partial charge in [-0.1, -0.05) is 41.0 Å². The van der Waals surface area contributed by atoms with E-state index >= 15 is 0 Å². The van der Waals surface area contributed by atoms with Gasteiger partial charge in [-0.05, 0) is 30.2 Å². The summed E-state index contributed by atoms with van der Waals surface area (Å²) in [6.45, 7) is 2.20. The topological polar surface area (TPSA) is 70.6 Å². The van der Waals surface area contributed by atoms with Gasteiger partial charge in [0.05, 0.1) is 5.69 Å². The number of nitrogens with zero attached hydrogens (tertiary/aromatic N) is 1. The average molecular weight is 308 g/mol. The van der Waals surface area contributed by atoms with Crippen LogP contribution in [0.25, 0.3) is 0 Å². The summed E-state index contributed by atoms with van der Waals surface area (Å²) in [5.74, 6) is -0.319. The van der Waals surface area contributed by atoms with Gasteiger partial charge in [-0.25, -0.2) is 4.39 Å². The van der Waals surface area contributed by atoms with Crippen LogP contribution in [0.15, 0.2) is 41.6 Å². The van der Waals surface area contributed by atoms with Crippen molar-refractivity contribution in [2.24, 2.45) is 10.9 Å². The van der Waals surface area contributed by atoms with Crippen LogP contribution in [-0.2, 0) is 6.54 Å². The van der Waals surface area contributed by atoms with Gasteiger partial charge in [0, 0.05) is 17.1 Å². The lowest BCUT2D eigenvalue weighted by atomic mass is 10.1. The van der Waals surface area contributed by atoms with Gasteiger partial charge >= 0.3 is 0 Å². The molecule has 0 radical (unpaired) electrons. The molecule has 110 valence electrons. The van der Waals surface area contributed by atoms with Crippen molar-refractivity contribution in [2.75, 3.05) is 5.32 Å². The zero-order valence-corrected chi connectivity index (χ0v) is 12.2. The minimum absolute atomic E-state index is 0.0126. The lowest BCUT2D eigenvalue weighted by Gasteiger charge is -2.12. The predicted molar refractivity (Wildman–Crippen MR) is 82.4 cm³/mol. The van der Waals surface area contributed by atoms with Gasteiger partial charge in [0.2, 0.25) is 0 Å². The van der Waals surface area contributed by atoms with Crippen molar-refractivity contribution in [3.63, 3.8) is 0 Å². The zero-order valence-electron chi connectivity index (χ0n) is 11.4. The van der Waals surface area contributed by atoms with Crippen LogP contribution in [0.2, 0.25) is 5.02 Å². The summed E-state index contributed by atoms with van der Waals surface area (Å²) >= 11 is 6.15. The number of nitrogens with one attached hydrogen (secondary N) is 1. The molecule has 21 heavy (non-hydrogen) atoms. The largest absolute Gasteiger partial charge is 0.409 e. The van der Waals surface area contributed by atoms with Crippen LogP contribution in [0.4, 0.5) is 10.1 Å². The maximum absolute atomic E-state index is 13.7. The Hall–Kier alpha value is -2.27. The molecule has 0 amide bonds. The minimum atomic E-state index is -0.306. The summed E-state index contributed by atoms with van der Waals surface area (Å²) < 4.78 is 13.7. The molecule has 2 aromatic carbocycles. The van der Waals surface area contributed by atoms with Gasteiger partial charge in [0.25, 0.3) is 0 Å². The Morgan fingerprint density at radius 3 is 2.76 bits per heavy atom. The van der Waals surface area contributed by atoms with Gasteiger partial charge in [-0.15, -0.1) is 0 Å². The van der Waals surface area contributed by atoms with Crippen LogP contribution in [-0.4, -0.2) is 11.0 Å². The van der Waals surface area contributed by atoms with E-state index in [1.54, 1.807) is 24.3 Å². The molecule has 0 fully saturated rings. The summed E-state index contributed by atoms with van der Waals surface area (Å²) in [6.07, 6.45) is 0. The first-order chi connectivity index (χ1) is 10.0. The van der Waals surface area contributed by atoms with Crippen LogP contribution in [0, 0.1) is 12.7 Å². The number of hydrogen-bond donors (Lipinski definition) is 3. The molecule has 0 bridgehead atoms. The maximum atomic E-state index is 13.7. The molecule has 0 aliphatic rings. The molecule has 2 rings (SSSR count). The van der Waals surface area contributed by atoms with Crippen LogP contribution in [0.3, 0.4) is 0 Å². The second-order valence-corrected chi connectivity index (χ2v) is 4.98. The van der Waals surface area contributed by atoms with E-state index in [1.165, 1.54) is 6.07 Å². The number of halogens is 2. The van der Waals surface area contributed by atoms with E-state index in [-0.39, 0.29) is 11.7 Å². The Balaban J connectivity index is 2.18. The third-order valence-corrected chi connectivity index (χ3v) is 3.49. The normalized spacial score (nSPS) is 11.5. The summed E-state index contributed by atoms with van der Waals surface area (Å²) in [5.41, 5.74) is 8.07. The lowest BCUT2D eigenvalue weighted by Crippen LogP contribution is -2.13. The van der Waals surface area contributed by atoms with Crippen molar-refractivity contribution in [1.82, 2.24) is 0 Å². The number of benzene rings is 2. The van der Waals surface area contributed by atoms with Gasteiger partial charge in [0.15, 0.2) is 5.84 Å². The molecular formula is C15H15ClFN3O. The SMILES string of the molecule is Cc1cccc(F)c1NCc1ccc(/C(N)=N/O)cc1Cl. The van der Waals surface area contributed by atoms with Crippen molar-refractivity contribution in [2.45, 2.75) is 13.5 Å². The van der Waals surface area contributed by atoms with Gasteiger partial charge < -0.3 is 16.3 Å². The van der Waals surface area contributed by atoms with E-state index in [9.17, 15) is 4.39 Å². The highest BCUT2D eigenvalue weighted by molar-refractivity contribution is 6.31. The fraction of sp³-hybridized carbons (Fsp3) is 0.133. The van der Waals surface area contributed by atoms with E-state index < -0.39 is 0 Å². The van der Waals surface area contributed by atoms with Crippen LogP contribution < -0.4 is 11.1 Å². The van der Waals surface area contributed by atoms with E-state index in [2.05, 4.69) is 10.5 Å². The van der Waals surface area contributed by atoms with E-state index in [4.69, 9.17) is 22.5 Å². The first kappa shape index (κ1) is 15.1. The number of hydrogen-bond acceptors (Lipinski definition) is 3. The molecule has 0 aromatic heterocycles. The van der Waals surface area contributed by atoms with Crippen molar-refractivity contribution >= 4 is 23.1 Å². The Morgan fingerprint density at radius 1 is 1.38 bits per heavy atom. The molecule has 0 unspecified atom stereocenters. The third kappa shape index (κ3) is 3.44. The van der Waals surface area contributed by atoms with Gasteiger partial charge in [0.1, 0.15) is 5.82 Å². The second kappa shape index (κ2) is 6.45. The summed E-state index contributed by atoms with van der Waals surface area (Å²) in [6, 6.07) is 9.93. The first-order valence-corrected chi connectivity index (χ1v) is 6.66. The fourth-order valence-electron chi connectivity index (χ4n) is 1.95. The molecule has 0 aliphatic heterocycles. The number of amidine groups is 1. The summed E-state index contributed by atoms with van der Waals surface area (Å²) in [4.78, 5) is 0. The number of para-hydroxylation sites is 1. The molecule has 0 saturated heterocycles. The van der Waals surface area contributed by atoms with Crippen LogP contribution in [0.5, 0.6) is 0 Å². The van der Waals surface area contributed by atoms with Crippen molar-refractivity contribution in [3.8, 4) is 0 Å². The molecule has 0 aliphatic carbocycles. The Morgan fingerprint density at radius 2 is 2.14 bits per heavy atom. The number of oxime groups is 1. The van der Waals surface area contributed by atoms with E-state index in [0.29, 0.717) is 22.8 Å².